The first-order chi connectivity index (χ1) is 15.7. The van der Waals surface area contributed by atoms with Crippen LogP contribution in [0.1, 0.15) is 38.7 Å². The van der Waals surface area contributed by atoms with Crippen molar-refractivity contribution in [3.8, 4) is 0 Å². The number of hydrogen-bond acceptors (Lipinski definition) is 6. The van der Waals surface area contributed by atoms with E-state index in [1.54, 1.807) is 0 Å². The highest BCUT2D eigenvalue weighted by Crippen LogP contribution is 2.09. The van der Waals surface area contributed by atoms with Crippen molar-refractivity contribution in [3.05, 3.63) is 35.9 Å². The average molecular weight is 463 g/mol. The molecule has 4 atom stereocenters. The van der Waals surface area contributed by atoms with Crippen molar-refractivity contribution in [1.29, 1.82) is 0 Å². The summed E-state index contributed by atoms with van der Waals surface area (Å²) in [7, 11) is 0. The molecule has 0 saturated carbocycles. The van der Waals surface area contributed by atoms with Gasteiger partial charge in [-0.05, 0) is 37.3 Å². The number of aliphatic hydroxyl groups is 1. The van der Waals surface area contributed by atoms with Crippen molar-refractivity contribution in [1.82, 2.24) is 21.3 Å². The quantitative estimate of drug-likeness (QED) is 0.246. The molecule has 3 amide bonds. The van der Waals surface area contributed by atoms with Gasteiger partial charge in [-0.2, -0.15) is 0 Å². The fourth-order valence-corrected chi connectivity index (χ4v) is 3.67. The molecule has 0 spiro atoms. The van der Waals surface area contributed by atoms with Gasteiger partial charge in [-0.25, -0.2) is 4.79 Å². The third kappa shape index (κ3) is 8.47. The van der Waals surface area contributed by atoms with Crippen molar-refractivity contribution < 1.29 is 29.4 Å². The fraction of sp³-hybridized carbons (Fsp3) is 0.565. The second-order valence-electron chi connectivity index (χ2n) is 8.67. The second kappa shape index (κ2) is 12.9. The van der Waals surface area contributed by atoms with Crippen LogP contribution in [0.15, 0.2) is 30.3 Å². The number of hydrogen-bond donors (Lipinski definition) is 6. The molecule has 1 aliphatic rings. The van der Waals surface area contributed by atoms with E-state index in [0.717, 1.165) is 18.5 Å². The molecule has 6 N–H and O–H groups in total. The molecule has 10 nitrogen and oxygen atoms in total. The number of aliphatic hydroxyl groups excluding tert-OH is 1. The molecule has 0 bridgehead atoms. The Kier molecular flexibility index (Phi) is 10.3. The molecule has 1 fully saturated rings. The Bertz CT molecular complexity index is 810. The van der Waals surface area contributed by atoms with Crippen molar-refractivity contribution in [2.75, 3.05) is 13.2 Å². The van der Waals surface area contributed by atoms with Gasteiger partial charge in [0.05, 0.1) is 12.6 Å². The van der Waals surface area contributed by atoms with E-state index in [9.17, 15) is 29.4 Å². The standard InChI is InChI=1S/C23H34N4O6/c1-14(2)11-18(23(32)33)26-22(31)19(13-28)27-21(30)17(12-15-7-4-3-5-8-15)25-20(29)16-9-6-10-24-16/h3-5,7-8,14,16-19,24,28H,6,9-13H2,1-2H3,(H,25,29)(H,26,31)(H,27,30)(H,32,33). The zero-order valence-corrected chi connectivity index (χ0v) is 19.0. The summed E-state index contributed by atoms with van der Waals surface area (Å²) >= 11 is 0. The lowest BCUT2D eigenvalue weighted by Gasteiger charge is -2.25. The molecular weight excluding hydrogens is 428 g/mol. The number of rotatable bonds is 12. The van der Waals surface area contributed by atoms with Gasteiger partial charge in [-0.15, -0.1) is 0 Å². The monoisotopic (exact) mass is 462 g/mol. The van der Waals surface area contributed by atoms with Gasteiger partial charge in [0.15, 0.2) is 0 Å². The molecule has 0 radical (unpaired) electrons. The van der Waals surface area contributed by atoms with Gasteiger partial charge in [0, 0.05) is 6.42 Å². The van der Waals surface area contributed by atoms with Crippen molar-refractivity contribution in [3.63, 3.8) is 0 Å². The van der Waals surface area contributed by atoms with E-state index in [0.29, 0.717) is 6.42 Å². The first-order valence-corrected chi connectivity index (χ1v) is 11.2. The van der Waals surface area contributed by atoms with Crippen LogP contribution < -0.4 is 21.3 Å². The van der Waals surface area contributed by atoms with E-state index in [1.807, 2.05) is 44.2 Å². The Morgan fingerprint density at radius 3 is 2.18 bits per heavy atom. The molecule has 33 heavy (non-hydrogen) atoms. The van der Waals surface area contributed by atoms with Crippen LogP contribution in [0.4, 0.5) is 0 Å². The number of carboxylic acids is 1. The zero-order valence-electron chi connectivity index (χ0n) is 19.0. The largest absolute Gasteiger partial charge is 0.480 e. The topological polar surface area (TPSA) is 157 Å². The van der Waals surface area contributed by atoms with Crippen molar-refractivity contribution >= 4 is 23.7 Å². The van der Waals surface area contributed by atoms with Gasteiger partial charge in [0.25, 0.3) is 0 Å². The van der Waals surface area contributed by atoms with Crippen LogP contribution in [0.25, 0.3) is 0 Å². The van der Waals surface area contributed by atoms with Crippen LogP contribution in [0.5, 0.6) is 0 Å². The Hall–Kier alpha value is -2.98. The third-order valence-electron chi connectivity index (χ3n) is 5.43. The summed E-state index contributed by atoms with van der Waals surface area (Å²) in [6.07, 6.45) is 1.92. The first kappa shape index (κ1) is 26.3. The highest BCUT2D eigenvalue weighted by Gasteiger charge is 2.31. The van der Waals surface area contributed by atoms with Crippen LogP contribution in [0.3, 0.4) is 0 Å². The Morgan fingerprint density at radius 1 is 1.00 bits per heavy atom. The van der Waals surface area contributed by atoms with E-state index in [2.05, 4.69) is 21.3 Å². The van der Waals surface area contributed by atoms with Gasteiger partial charge in [-0.3, -0.25) is 14.4 Å². The highest BCUT2D eigenvalue weighted by molar-refractivity contribution is 5.94. The second-order valence-corrected chi connectivity index (χ2v) is 8.67. The van der Waals surface area contributed by atoms with Gasteiger partial charge in [0.2, 0.25) is 17.7 Å². The number of carbonyl (C=O) groups is 4. The molecule has 0 aromatic heterocycles. The fourth-order valence-electron chi connectivity index (χ4n) is 3.67. The van der Waals surface area contributed by atoms with Crippen molar-refractivity contribution in [2.24, 2.45) is 5.92 Å². The Labute approximate surface area is 193 Å². The molecule has 1 aromatic rings. The third-order valence-corrected chi connectivity index (χ3v) is 5.43. The first-order valence-electron chi connectivity index (χ1n) is 11.2. The lowest BCUT2D eigenvalue weighted by molar-refractivity contribution is -0.143. The average Bonchev–Trinajstić information content (AvgIpc) is 3.31. The maximum atomic E-state index is 13.0. The summed E-state index contributed by atoms with van der Waals surface area (Å²) in [6.45, 7) is 3.65. The molecule has 1 aromatic carbocycles. The number of benzene rings is 1. The Morgan fingerprint density at radius 2 is 1.64 bits per heavy atom. The maximum Gasteiger partial charge on any atom is 0.326 e. The van der Waals surface area contributed by atoms with E-state index < -0.39 is 42.5 Å². The van der Waals surface area contributed by atoms with Gasteiger partial charge in [0.1, 0.15) is 18.1 Å². The number of carbonyl (C=O) groups excluding carboxylic acids is 3. The number of aliphatic carboxylic acids is 1. The minimum Gasteiger partial charge on any atom is -0.480 e. The maximum absolute atomic E-state index is 13.0. The lowest BCUT2D eigenvalue weighted by Crippen LogP contribution is -2.58. The van der Waals surface area contributed by atoms with Gasteiger partial charge >= 0.3 is 5.97 Å². The summed E-state index contributed by atoms with van der Waals surface area (Å²) in [5.74, 6) is -2.94. The van der Waals surface area contributed by atoms with E-state index >= 15 is 0 Å². The SMILES string of the molecule is CC(C)CC(NC(=O)C(CO)NC(=O)C(Cc1ccccc1)NC(=O)C1CCCN1)C(=O)O. The normalized spacial score (nSPS) is 18.2. The van der Waals surface area contributed by atoms with Gasteiger partial charge < -0.3 is 31.5 Å². The molecule has 4 unspecified atom stereocenters. The molecule has 1 aliphatic heterocycles. The molecular formula is C23H34N4O6. The molecule has 2 rings (SSSR count). The van der Waals surface area contributed by atoms with E-state index in [-0.39, 0.29) is 30.7 Å². The summed E-state index contributed by atoms with van der Waals surface area (Å²) in [5.41, 5.74) is 0.810. The van der Waals surface area contributed by atoms with Crippen LogP contribution >= 0.6 is 0 Å². The van der Waals surface area contributed by atoms with Crippen LogP contribution in [0, 0.1) is 5.92 Å². The minimum absolute atomic E-state index is 0.0169. The number of nitrogens with one attached hydrogen (secondary N) is 4. The summed E-state index contributed by atoms with van der Waals surface area (Å²) < 4.78 is 0. The Balaban J connectivity index is 2.09. The molecule has 0 aliphatic carbocycles. The zero-order chi connectivity index (χ0) is 24.4. The van der Waals surface area contributed by atoms with E-state index in [1.165, 1.54) is 0 Å². The number of carboxylic acid groups (broad SMARTS) is 1. The highest BCUT2D eigenvalue weighted by atomic mass is 16.4. The summed E-state index contributed by atoms with van der Waals surface area (Å²) in [5, 5.41) is 29.7. The smallest absolute Gasteiger partial charge is 0.326 e. The molecule has 182 valence electrons. The molecule has 1 saturated heterocycles. The number of amides is 3. The molecule has 1 heterocycles. The summed E-state index contributed by atoms with van der Waals surface area (Å²) in [6, 6.07) is 5.24. The van der Waals surface area contributed by atoms with E-state index in [4.69, 9.17) is 0 Å². The van der Waals surface area contributed by atoms with Gasteiger partial charge in [-0.1, -0.05) is 44.2 Å². The van der Waals surface area contributed by atoms with Crippen LogP contribution in [0.2, 0.25) is 0 Å². The minimum atomic E-state index is -1.36. The van der Waals surface area contributed by atoms with Crippen molar-refractivity contribution in [2.45, 2.75) is 63.7 Å². The predicted octanol–water partition coefficient (Wildman–Crippen LogP) is -0.441. The summed E-state index contributed by atoms with van der Waals surface area (Å²) in [4.78, 5) is 49.6. The van der Waals surface area contributed by atoms with Crippen LogP contribution in [-0.2, 0) is 25.6 Å². The molecule has 10 heteroatoms. The predicted molar refractivity (Wildman–Crippen MR) is 121 cm³/mol. The lowest BCUT2D eigenvalue weighted by atomic mass is 10.0. The van der Waals surface area contributed by atoms with Crippen LogP contribution in [-0.4, -0.2) is 71.2 Å².